The van der Waals surface area contributed by atoms with E-state index in [0.717, 1.165) is 12.8 Å². The smallest absolute Gasteiger partial charge is 0.321 e. The van der Waals surface area contributed by atoms with Gasteiger partial charge in [0, 0.05) is 19.6 Å². The molecule has 1 aliphatic rings. The highest BCUT2D eigenvalue weighted by atomic mass is 16.5. The van der Waals surface area contributed by atoms with Crippen molar-refractivity contribution in [1.29, 1.82) is 0 Å². The average Bonchev–Trinajstić information content (AvgIpc) is 2.40. The molecule has 1 fully saturated rings. The van der Waals surface area contributed by atoms with Gasteiger partial charge in [0.1, 0.15) is 0 Å². The third-order valence-corrected chi connectivity index (χ3v) is 3.16. The normalized spacial score (nSPS) is 16.4. The molecule has 0 atom stereocenters. The van der Waals surface area contributed by atoms with Crippen molar-refractivity contribution in [1.82, 2.24) is 15.5 Å². The predicted octanol–water partition coefficient (Wildman–Crippen LogP) is -0.212. The van der Waals surface area contributed by atoms with Crippen LogP contribution in [0.4, 0.5) is 4.79 Å². The molecular formula is C13H23N3O5. The Kier molecular flexibility index (Phi) is 7.70. The van der Waals surface area contributed by atoms with Crippen molar-refractivity contribution in [3.8, 4) is 0 Å². The van der Waals surface area contributed by atoms with Crippen molar-refractivity contribution in [2.45, 2.75) is 32.3 Å². The maximum Gasteiger partial charge on any atom is 0.321 e. The minimum absolute atomic E-state index is 0.00909. The van der Waals surface area contributed by atoms with Crippen molar-refractivity contribution in [2.24, 2.45) is 0 Å². The Balaban J connectivity index is 2.16. The number of aliphatic carboxylic acids is 1. The highest BCUT2D eigenvalue weighted by Gasteiger charge is 2.21. The van der Waals surface area contributed by atoms with Crippen LogP contribution in [0, 0.1) is 0 Å². The minimum Gasteiger partial charge on any atom is -0.481 e. The van der Waals surface area contributed by atoms with E-state index in [1.807, 2.05) is 4.90 Å². The third-order valence-electron chi connectivity index (χ3n) is 3.16. The van der Waals surface area contributed by atoms with E-state index in [4.69, 9.17) is 9.84 Å². The highest BCUT2D eigenvalue weighted by molar-refractivity contribution is 5.95. The molecule has 3 amide bonds. The number of hydrogen-bond acceptors (Lipinski definition) is 5. The Hall–Kier alpha value is -1.67. The molecule has 0 bridgehead atoms. The SMILES string of the molecule is CCNC(=O)NC(=O)CN1CCC(OCCC(=O)O)CC1. The van der Waals surface area contributed by atoms with E-state index < -0.39 is 12.0 Å². The molecule has 0 spiro atoms. The number of imide groups is 1. The number of hydrogen-bond donors (Lipinski definition) is 3. The standard InChI is InChI=1S/C13H23N3O5/c1-2-14-13(20)15-11(17)9-16-6-3-10(4-7-16)21-8-5-12(18)19/h10H,2-9H2,1H3,(H,18,19)(H2,14,15,17,20). The van der Waals surface area contributed by atoms with E-state index in [0.29, 0.717) is 19.6 Å². The van der Waals surface area contributed by atoms with Crippen LogP contribution in [0.15, 0.2) is 0 Å². The van der Waals surface area contributed by atoms with Gasteiger partial charge in [-0.15, -0.1) is 0 Å². The van der Waals surface area contributed by atoms with Gasteiger partial charge in [-0.3, -0.25) is 19.8 Å². The Labute approximate surface area is 123 Å². The maximum absolute atomic E-state index is 11.6. The van der Waals surface area contributed by atoms with Crippen molar-refractivity contribution in [3.63, 3.8) is 0 Å². The number of likely N-dealkylation sites (tertiary alicyclic amines) is 1. The van der Waals surface area contributed by atoms with Crippen LogP contribution in [0.25, 0.3) is 0 Å². The van der Waals surface area contributed by atoms with E-state index >= 15 is 0 Å². The Morgan fingerprint density at radius 1 is 1.29 bits per heavy atom. The van der Waals surface area contributed by atoms with Gasteiger partial charge < -0.3 is 15.2 Å². The molecule has 0 saturated carbocycles. The zero-order valence-corrected chi connectivity index (χ0v) is 12.3. The van der Waals surface area contributed by atoms with Gasteiger partial charge in [-0.25, -0.2) is 4.79 Å². The zero-order valence-electron chi connectivity index (χ0n) is 12.3. The molecule has 0 aromatic rings. The van der Waals surface area contributed by atoms with Gasteiger partial charge in [0.2, 0.25) is 5.91 Å². The summed E-state index contributed by atoms with van der Waals surface area (Å²) in [6, 6.07) is -0.477. The maximum atomic E-state index is 11.6. The van der Waals surface area contributed by atoms with Crippen LogP contribution in [0.1, 0.15) is 26.2 Å². The van der Waals surface area contributed by atoms with Gasteiger partial charge in [0.25, 0.3) is 0 Å². The van der Waals surface area contributed by atoms with Gasteiger partial charge in [0.05, 0.1) is 25.7 Å². The number of carbonyl (C=O) groups is 3. The molecule has 3 N–H and O–H groups in total. The van der Waals surface area contributed by atoms with Crippen LogP contribution < -0.4 is 10.6 Å². The van der Waals surface area contributed by atoms with Crippen LogP contribution in [0.2, 0.25) is 0 Å². The van der Waals surface area contributed by atoms with Crippen LogP contribution in [0.3, 0.4) is 0 Å². The molecule has 120 valence electrons. The van der Waals surface area contributed by atoms with E-state index in [1.54, 1.807) is 6.92 Å². The van der Waals surface area contributed by atoms with Gasteiger partial charge in [-0.2, -0.15) is 0 Å². The molecule has 1 aliphatic heterocycles. The number of piperidine rings is 1. The summed E-state index contributed by atoms with van der Waals surface area (Å²) in [6.45, 7) is 4.04. The molecule has 0 unspecified atom stereocenters. The number of rotatable bonds is 7. The molecule has 1 rings (SSSR count). The highest BCUT2D eigenvalue weighted by Crippen LogP contribution is 2.13. The monoisotopic (exact) mass is 301 g/mol. The first-order valence-electron chi connectivity index (χ1n) is 7.14. The quantitative estimate of drug-likeness (QED) is 0.600. The van der Waals surface area contributed by atoms with E-state index in [1.165, 1.54) is 0 Å². The Morgan fingerprint density at radius 3 is 2.52 bits per heavy atom. The van der Waals surface area contributed by atoms with E-state index in [9.17, 15) is 14.4 Å². The summed E-state index contributed by atoms with van der Waals surface area (Å²) in [5.41, 5.74) is 0. The van der Waals surface area contributed by atoms with Crippen molar-refractivity contribution in [3.05, 3.63) is 0 Å². The third kappa shape index (κ3) is 7.62. The number of carboxylic acids is 1. The van der Waals surface area contributed by atoms with Gasteiger partial charge >= 0.3 is 12.0 Å². The summed E-state index contributed by atoms with van der Waals surface area (Å²) in [5.74, 6) is -1.19. The van der Waals surface area contributed by atoms with Crippen LogP contribution in [0.5, 0.6) is 0 Å². The van der Waals surface area contributed by atoms with Crippen LogP contribution in [-0.2, 0) is 14.3 Å². The number of carbonyl (C=O) groups excluding carboxylic acids is 2. The minimum atomic E-state index is -0.866. The Bertz CT molecular complexity index is 367. The first kappa shape index (κ1) is 17.4. The van der Waals surface area contributed by atoms with Crippen LogP contribution >= 0.6 is 0 Å². The fourth-order valence-electron chi connectivity index (χ4n) is 2.12. The summed E-state index contributed by atoms with van der Waals surface area (Å²) in [4.78, 5) is 35.1. The van der Waals surface area contributed by atoms with E-state index in [-0.39, 0.29) is 31.6 Å². The average molecular weight is 301 g/mol. The van der Waals surface area contributed by atoms with Gasteiger partial charge in [-0.05, 0) is 19.8 Å². The molecule has 1 saturated heterocycles. The first-order valence-corrected chi connectivity index (χ1v) is 7.14. The zero-order chi connectivity index (χ0) is 15.7. The predicted molar refractivity (Wildman–Crippen MR) is 74.9 cm³/mol. The molecule has 0 aliphatic carbocycles. The largest absolute Gasteiger partial charge is 0.481 e. The van der Waals surface area contributed by atoms with Crippen molar-refractivity contribution in [2.75, 3.05) is 32.8 Å². The summed E-state index contributed by atoms with van der Waals surface area (Å²) < 4.78 is 5.47. The lowest BCUT2D eigenvalue weighted by molar-refractivity contribution is -0.139. The second-order valence-electron chi connectivity index (χ2n) is 4.90. The number of nitrogens with zero attached hydrogens (tertiary/aromatic N) is 1. The number of carboxylic acid groups (broad SMARTS) is 1. The fraction of sp³-hybridized carbons (Fsp3) is 0.769. The molecule has 8 heteroatoms. The van der Waals surface area contributed by atoms with Gasteiger partial charge in [0.15, 0.2) is 0 Å². The number of nitrogens with one attached hydrogen (secondary N) is 2. The molecule has 0 aromatic carbocycles. The van der Waals surface area contributed by atoms with Gasteiger partial charge in [-0.1, -0.05) is 0 Å². The summed E-state index contributed by atoms with van der Waals surface area (Å²) in [7, 11) is 0. The summed E-state index contributed by atoms with van der Waals surface area (Å²) >= 11 is 0. The lowest BCUT2D eigenvalue weighted by Crippen LogP contribution is -2.47. The number of ether oxygens (including phenoxy) is 1. The number of urea groups is 1. The lowest BCUT2D eigenvalue weighted by atomic mass is 10.1. The van der Waals surface area contributed by atoms with E-state index in [2.05, 4.69) is 10.6 Å². The molecule has 1 heterocycles. The van der Waals surface area contributed by atoms with Crippen LogP contribution in [-0.4, -0.2) is 66.8 Å². The first-order chi connectivity index (χ1) is 10.0. The molecule has 0 aromatic heterocycles. The summed E-state index contributed by atoms with van der Waals surface area (Å²) in [5, 5.41) is 13.3. The van der Waals surface area contributed by atoms with Crippen molar-refractivity contribution < 1.29 is 24.2 Å². The molecular weight excluding hydrogens is 278 g/mol. The molecule has 8 nitrogen and oxygen atoms in total. The fourth-order valence-corrected chi connectivity index (χ4v) is 2.12. The molecule has 0 radical (unpaired) electrons. The summed E-state index contributed by atoms with van der Waals surface area (Å²) in [6.07, 6.45) is 1.57. The lowest BCUT2D eigenvalue weighted by Gasteiger charge is -2.31. The second kappa shape index (κ2) is 9.30. The topological polar surface area (TPSA) is 108 Å². The Morgan fingerprint density at radius 2 is 1.95 bits per heavy atom. The molecule has 21 heavy (non-hydrogen) atoms. The number of amides is 3. The van der Waals surface area contributed by atoms with Crippen molar-refractivity contribution >= 4 is 17.9 Å². The second-order valence-corrected chi connectivity index (χ2v) is 4.90.